The van der Waals surface area contributed by atoms with Crippen molar-refractivity contribution in [2.75, 3.05) is 17.5 Å². The van der Waals surface area contributed by atoms with E-state index in [1.807, 2.05) is 56.3 Å². The molecule has 0 radical (unpaired) electrons. The van der Waals surface area contributed by atoms with Crippen molar-refractivity contribution in [3.05, 3.63) is 94.0 Å². The number of anilines is 1. The van der Waals surface area contributed by atoms with Crippen LogP contribution in [-0.4, -0.2) is 42.9 Å². The van der Waals surface area contributed by atoms with Crippen molar-refractivity contribution < 1.29 is 23.4 Å². The van der Waals surface area contributed by atoms with Crippen molar-refractivity contribution in [3.8, 4) is 5.75 Å². The third-order valence-corrected chi connectivity index (χ3v) is 7.16. The molecule has 3 aromatic rings. The minimum Gasteiger partial charge on any atom is -0.506 e. The van der Waals surface area contributed by atoms with Gasteiger partial charge in [-0.3, -0.25) is 9.52 Å². The monoisotopic (exact) mass is 559 g/mol. The number of amides is 1. The highest BCUT2D eigenvalue weighted by Gasteiger charge is 2.23. The fraction of sp³-hybridized carbons (Fsp3) is 0.321. The van der Waals surface area contributed by atoms with E-state index in [2.05, 4.69) is 10.0 Å². The van der Waals surface area contributed by atoms with Gasteiger partial charge in [0.15, 0.2) is 0 Å². The van der Waals surface area contributed by atoms with Gasteiger partial charge in [-0.1, -0.05) is 60.1 Å². The van der Waals surface area contributed by atoms with Crippen LogP contribution in [0.5, 0.6) is 5.75 Å². The largest absolute Gasteiger partial charge is 0.506 e. The van der Waals surface area contributed by atoms with E-state index in [1.54, 1.807) is 6.07 Å². The molecule has 3 rings (SSSR count). The van der Waals surface area contributed by atoms with Crippen LogP contribution >= 0.6 is 11.6 Å². The minimum absolute atomic E-state index is 0.000852. The SMILES string of the molecule is CC(C)(Cc1cccc(C(Cc2ccccc2Cl)C(N)=O)c1)NC[C@H](O)c1ccc(O)c(NS(C)(=O)=O)c1. The smallest absolute Gasteiger partial charge is 0.229 e. The Labute approximate surface area is 228 Å². The fourth-order valence-corrected chi connectivity index (χ4v) is 5.07. The van der Waals surface area contributed by atoms with Gasteiger partial charge in [-0.2, -0.15) is 0 Å². The summed E-state index contributed by atoms with van der Waals surface area (Å²) in [6.07, 6.45) is 1.03. The number of hydrogen-bond donors (Lipinski definition) is 5. The van der Waals surface area contributed by atoms with Gasteiger partial charge >= 0.3 is 0 Å². The van der Waals surface area contributed by atoms with Crippen molar-refractivity contribution in [2.24, 2.45) is 5.73 Å². The molecule has 1 amide bonds. The number of aliphatic hydroxyl groups is 1. The van der Waals surface area contributed by atoms with E-state index >= 15 is 0 Å². The van der Waals surface area contributed by atoms with Crippen LogP contribution in [0.3, 0.4) is 0 Å². The summed E-state index contributed by atoms with van der Waals surface area (Å²) >= 11 is 6.30. The maximum absolute atomic E-state index is 12.3. The van der Waals surface area contributed by atoms with Crippen LogP contribution in [-0.2, 0) is 27.7 Å². The van der Waals surface area contributed by atoms with Crippen molar-refractivity contribution in [1.82, 2.24) is 5.32 Å². The summed E-state index contributed by atoms with van der Waals surface area (Å²) in [6, 6.07) is 19.4. The Balaban J connectivity index is 1.69. The predicted octanol–water partition coefficient (Wildman–Crippen LogP) is 3.87. The number of phenols is 1. The molecular weight excluding hydrogens is 526 g/mol. The fourth-order valence-electron chi connectivity index (χ4n) is 4.29. The topological polar surface area (TPSA) is 142 Å². The van der Waals surface area contributed by atoms with E-state index in [0.717, 1.165) is 22.9 Å². The lowest BCUT2D eigenvalue weighted by atomic mass is 9.88. The van der Waals surface area contributed by atoms with Crippen LogP contribution in [0.15, 0.2) is 66.7 Å². The number of benzene rings is 3. The Morgan fingerprint density at radius 3 is 2.42 bits per heavy atom. The first kappa shape index (κ1) is 29.4. The lowest BCUT2D eigenvalue weighted by Crippen LogP contribution is -2.43. The van der Waals surface area contributed by atoms with E-state index in [4.69, 9.17) is 17.3 Å². The van der Waals surface area contributed by atoms with Gasteiger partial charge in [0.05, 0.1) is 24.0 Å². The number of hydrogen-bond acceptors (Lipinski definition) is 6. The molecule has 1 unspecified atom stereocenters. The second-order valence-electron chi connectivity index (χ2n) is 10.1. The molecule has 0 saturated carbocycles. The number of aromatic hydroxyl groups is 1. The van der Waals surface area contributed by atoms with Crippen LogP contribution in [0.25, 0.3) is 0 Å². The average Bonchev–Trinajstić information content (AvgIpc) is 2.82. The molecule has 0 heterocycles. The minimum atomic E-state index is -3.59. The first-order valence-electron chi connectivity index (χ1n) is 12.1. The Hall–Kier alpha value is -3.11. The molecule has 38 heavy (non-hydrogen) atoms. The van der Waals surface area contributed by atoms with Gasteiger partial charge in [0.25, 0.3) is 0 Å². The number of primary amides is 1. The maximum Gasteiger partial charge on any atom is 0.229 e. The molecule has 2 atom stereocenters. The quantitative estimate of drug-likeness (QED) is 0.213. The number of nitrogens with two attached hydrogens (primary N) is 1. The second kappa shape index (κ2) is 12.2. The highest BCUT2D eigenvalue weighted by Crippen LogP contribution is 2.29. The molecule has 0 aliphatic rings. The molecule has 8 nitrogen and oxygen atoms in total. The molecule has 0 spiro atoms. The van der Waals surface area contributed by atoms with Gasteiger partial charge in [0, 0.05) is 17.1 Å². The number of carbonyl (C=O) groups is 1. The Bertz CT molecular complexity index is 1390. The molecule has 0 fully saturated rings. The highest BCUT2D eigenvalue weighted by molar-refractivity contribution is 7.92. The van der Waals surface area contributed by atoms with Crippen molar-refractivity contribution >= 4 is 33.2 Å². The lowest BCUT2D eigenvalue weighted by molar-refractivity contribution is -0.119. The molecule has 0 aliphatic carbocycles. The number of rotatable bonds is 12. The van der Waals surface area contributed by atoms with E-state index in [1.165, 1.54) is 18.2 Å². The molecule has 10 heteroatoms. The summed E-state index contributed by atoms with van der Waals surface area (Å²) in [5, 5.41) is 24.6. The van der Waals surface area contributed by atoms with Crippen LogP contribution < -0.4 is 15.8 Å². The summed E-state index contributed by atoms with van der Waals surface area (Å²) in [7, 11) is -3.59. The zero-order chi connectivity index (χ0) is 28.1. The molecule has 0 aromatic heterocycles. The standard InChI is InChI=1S/C28H34ClN3O5S/c1-28(2,31-17-26(34)21-11-12-25(33)24(15-21)32-38(3,36)37)16-18-7-6-9-19(13-18)22(27(30)35)14-20-8-4-5-10-23(20)29/h4-13,15,22,26,31-34H,14,16-17H2,1-3H3,(H2,30,35)/t22?,26-/m0/s1. The van der Waals surface area contributed by atoms with Gasteiger partial charge < -0.3 is 21.3 Å². The summed E-state index contributed by atoms with van der Waals surface area (Å²) in [5.74, 6) is -1.19. The van der Waals surface area contributed by atoms with Crippen LogP contribution in [0.4, 0.5) is 5.69 Å². The first-order chi connectivity index (χ1) is 17.7. The zero-order valence-electron chi connectivity index (χ0n) is 21.6. The van der Waals surface area contributed by atoms with Crippen LogP contribution in [0, 0.1) is 0 Å². The molecule has 0 bridgehead atoms. The summed E-state index contributed by atoms with van der Waals surface area (Å²) in [6.45, 7) is 4.18. The number of β-amino-alcohol motifs (C(OH)–C–C–N with tert-alkyl or cyclic N) is 1. The maximum atomic E-state index is 12.3. The Kier molecular flexibility index (Phi) is 9.43. The number of halogens is 1. The molecule has 6 N–H and O–H groups in total. The van der Waals surface area contributed by atoms with E-state index in [9.17, 15) is 23.4 Å². The third kappa shape index (κ3) is 8.46. The van der Waals surface area contributed by atoms with E-state index in [-0.39, 0.29) is 18.0 Å². The second-order valence-corrected chi connectivity index (χ2v) is 12.3. The molecule has 204 valence electrons. The van der Waals surface area contributed by atoms with Gasteiger partial charge in [-0.25, -0.2) is 8.42 Å². The first-order valence-corrected chi connectivity index (χ1v) is 14.4. The molecule has 3 aromatic carbocycles. The van der Waals surface area contributed by atoms with E-state index in [0.29, 0.717) is 23.4 Å². The number of nitrogens with one attached hydrogen (secondary N) is 2. The predicted molar refractivity (Wildman–Crippen MR) is 151 cm³/mol. The van der Waals surface area contributed by atoms with Crippen molar-refractivity contribution in [3.63, 3.8) is 0 Å². The van der Waals surface area contributed by atoms with Gasteiger partial charge in [0.1, 0.15) is 5.75 Å². The van der Waals surface area contributed by atoms with Crippen LogP contribution in [0.1, 0.15) is 48.1 Å². The summed E-state index contributed by atoms with van der Waals surface area (Å²) in [4.78, 5) is 12.3. The lowest BCUT2D eigenvalue weighted by Gasteiger charge is -2.28. The van der Waals surface area contributed by atoms with Gasteiger partial charge in [-0.05, 0) is 67.1 Å². The van der Waals surface area contributed by atoms with Crippen molar-refractivity contribution in [1.29, 1.82) is 0 Å². The summed E-state index contributed by atoms with van der Waals surface area (Å²) in [5.41, 5.74) is 8.42. The van der Waals surface area contributed by atoms with Gasteiger partial charge in [0.2, 0.25) is 15.9 Å². The highest BCUT2D eigenvalue weighted by atomic mass is 35.5. The Morgan fingerprint density at radius 1 is 1.05 bits per heavy atom. The molecular formula is C28H34ClN3O5S. The number of aliphatic hydroxyl groups excluding tert-OH is 1. The molecule has 0 saturated heterocycles. The average molecular weight is 560 g/mol. The van der Waals surface area contributed by atoms with Crippen molar-refractivity contribution in [2.45, 2.75) is 44.2 Å². The normalized spacial score (nSPS) is 13.6. The number of phenolic OH excluding ortho intramolecular Hbond substituents is 1. The number of carbonyl (C=O) groups excluding carboxylic acids is 1. The van der Waals surface area contributed by atoms with E-state index < -0.39 is 33.5 Å². The molecule has 0 aliphatic heterocycles. The van der Waals surface area contributed by atoms with Crippen LogP contribution in [0.2, 0.25) is 5.02 Å². The third-order valence-electron chi connectivity index (χ3n) is 6.20. The summed E-state index contributed by atoms with van der Waals surface area (Å²) < 4.78 is 25.3. The van der Waals surface area contributed by atoms with Gasteiger partial charge in [-0.15, -0.1) is 0 Å². The number of sulfonamides is 1. The zero-order valence-corrected chi connectivity index (χ0v) is 23.2. The Morgan fingerprint density at radius 2 is 1.76 bits per heavy atom.